The van der Waals surface area contributed by atoms with Gasteiger partial charge in [-0.3, -0.25) is 0 Å². The predicted octanol–water partition coefficient (Wildman–Crippen LogP) is 5.22. The van der Waals surface area contributed by atoms with Crippen molar-refractivity contribution in [3.63, 3.8) is 0 Å². The van der Waals surface area contributed by atoms with Crippen LogP contribution < -0.4 is 15.1 Å². The standard InChI is InChI=1S/C28H24ClF4N5OS/c1-40(39)26-24(33)22(31)21(30)23(32)25(26)37-10-12-38(13-11-37)28-16-8-9-34-14-19(16)35-27(36-28)17-6-2-4-15-5-3-7-18(29)20(15)17/h2-7,34H,8-14H2,1H3. The van der Waals surface area contributed by atoms with Gasteiger partial charge in [-0.05, 0) is 35.6 Å². The van der Waals surface area contributed by atoms with Crippen LogP contribution in [0.4, 0.5) is 29.1 Å². The number of halogens is 5. The van der Waals surface area contributed by atoms with E-state index in [1.807, 2.05) is 41.3 Å². The van der Waals surface area contributed by atoms with Gasteiger partial charge in [0.2, 0.25) is 16.5 Å². The monoisotopic (exact) mass is 589 g/mol. The highest BCUT2D eigenvalue weighted by atomic mass is 35.5. The fourth-order valence-corrected chi connectivity index (χ4v) is 6.61. The van der Waals surface area contributed by atoms with E-state index >= 15 is 0 Å². The van der Waals surface area contributed by atoms with Crippen molar-refractivity contribution < 1.29 is 22.1 Å². The maximum atomic E-state index is 14.9. The van der Waals surface area contributed by atoms with Crippen molar-refractivity contribution in [2.45, 2.75) is 17.9 Å². The zero-order chi connectivity index (χ0) is 28.1. The Morgan fingerprint density at radius 3 is 2.30 bits per heavy atom. The van der Waals surface area contributed by atoms with Crippen LogP contribution in [0.3, 0.4) is 0 Å². The van der Waals surface area contributed by atoms with Gasteiger partial charge in [-0.25, -0.2) is 23.1 Å². The molecule has 1 unspecified atom stereocenters. The molecule has 208 valence electrons. The Kier molecular flexibility index (Phi) is 7.24. The van der Waals surface area contributed by atoms with Crippen LogP contribution >= 0.6 is 11.6 Å². The number of rotatable bonds is 4. The molecule has 1 atom stereocenters. The summed E-state index contributed by atoms with van der Waals surface area (Å²) in [6.45, 7) is 2.30. The fraction of sp³-hybridized carbons (Fsp3) is 0.286. The number of hydrogen-bond acceptors (Lipinski definition) is 6. The van der Waals surface area contributed by atoms with Crippen LogP contribution in [-0.2, 0) is 24.1 Å². The van der Waals surface area contributed by atoms with Crippen LogP contribution in [0.1, 0.15) is 11.3 Å². The molecule has 1 fully saturated rings. The van der Waals surface area contributed by atoms with E-state index < -0.39 is 45.0 Å². The van der Waals surface area contributed by atoms with E-state index in [2.05, 4.69) is 5.32 Å². The van der Waals surface area contributed by atoms with E-state index in [1.165, 1.54) is 4.90 Å². The lowest BCUT2D eigenvalue weighted by atomic mass is 10.0. The summed E-state index contributed by atoms with van der Waals surface area (Å²) in [5, 5.41) is 5.75. The maximum absolute atomic E-state index is 14.9. The molecule has 40 heavy (non-hydrogen) atoms. The first-order chi connectivity index (χ1) is 19.3. The maximum Gasteiger partial charge on any atom is 0.219 e. The third-order valence-electron chi connectivity index (χ3n) is 7.39. The Bertz CT molecular complexity index is 1630. The molecule has 4 aromatic rings. The molecule has 6 nitrogen and oxygen atoms in total. The average molecular weight is 590 g/mol. The quantitative estimate of drug-likeness (QED) is 0.152. The summed E-state index contributed by atoms with van der Waals surface area (Å²) >= 11 is 4.50. The molecule has 0 aliphatic carbocycles. The first-order valence-electron chi connectivity index (χ1n) is 12.7. The van der Waals surface area contributed by atoms with Gasteiger partial charge in [-0.1, -0.05) is 41.9 Å². The molecule has 0 radical (unpaired) electrons. The topological polar surface area (TPSA) is 67.3 Å². The van der Waals surface area contributed by atoms with Gasteiger partial charge in [0.05, 0.1) is 5.69 Å². The number of nitrogens with zero attached hydrogens (tertiary/aromatic N) is 4. The summed E-state index contributed by atoms with van der Waals surface area (Å²) in [6.07, 6.45) is 1.82. The Morgan fingerprint density at radius 2 is 1.57 bits per heavy atom. The van der Waals surface area contributed by atoms with Gasteiger partial charge in [-0.2, -0.15) is 4.39 Å². The van der Waals surface area contributed by atoms with Crippen molar-refractivity contribution in [2.24, 2.45) is 0 Å². The molecule has 1 aromatic heterocycles. The summed E-state index contributed by atoms with van der Waals surface area (Å²) < 4.78 is 69.7. The van der Waals surface area contributed by atoms with Crippen LogP contribution in [0, 0.1) is 23.3 Å². The van der Waals surface area contributed by atoms with Crippen LogP contribution in [0.25, 0.3) is 22.2 Å². The Hall–Kier alpha value is -3.12. The highest BCUT2D eigenvalue weighted by Gasteiger charge is 2.36. The van der Waals surface area contributed by atoms with Gasteiger partial charge in [0.25, 0.3) is 0 Å². The molecule has 6 rings (SSSR count). The lowest BCUT2D eigenvalue weighted by Gasteiger charge is -2.38. The molecule has 3 heterocycles. The molecule has 0 amide bonds. The second-order valence-electron chi connectivity index (χ2n) is 9.73. The minimum atomic E-state index is -2.08. The summed E-state index contributed by atoms with van der Waals surface area (Å²) in [7, 11) is 0. The summed E-state index contributed by atoms with van der Waals surface area (Å²) in [4.78, 5) is 12.7. The van der Waals surface area contributed by atoms with Crippen LogP contribution in [0.2, 0.25) is 5.02 Å². The van der Waals surface area contributed by atoms with Crippen molar-refractivity contribution in [1.29, 1.82) is 0 Å². The largest absolute Gasteiger partial charge is 0.612 e. The molecule has 0 bridgehead atoms. The smallest absolute Gasteiger partial charge is 0.219 e. The van der Waals surface area contributed by atoms with Crippen LogP contribution in [0.5, 0.6) is 0 Å². The van der Waals surface area contributed by atoms with Gasteiger partial charge in [0.15, 0.2) is 17.5 Å². The number of benzene rings is 3. The third-order valence-corrected chi connectivity index (χ3v) is 8.66. The Labute approximate surface area is 236 Å². The molecule has 1 N–H and O–H groups in total. The van der Waals surface area contributed by atoms with Gasteiger partial charge < -0.3 is 19.7 Å². The molecule has 1 saturated heterocycles. The fourth-order valence-electron chi connectivity index (χ4n) is 5.49. The number of piperazine rings is 1. The van der Waals surface area contributed by atoms with Crippen molar-refractivity contribution in [2.75, 3.05) is 48.8 Å². The van der Waals surface area contributed by atoms with E-state index in [9.17, 15) is 22.1 Å². The summed E-state index contributed by atoms with van der Waals surface area (Å²) in [5.41, 5.74) is 2.17. The van der Waals surface area contributed by atoms with E-state index in [-0.39, 0.29) is 13.1 Å². The molecule has 3 aromatic carbocycles. The second-order valence-corrected chi connectivity index (χ2v) is 11.5. The summed E-state index contributed by atoms with van der Waals surface area (Å²) in [5.74, 6) is -5.80. The molecule has 0 saturated carbocycles. The molecular weight excluding hydrogens is 566 g/mol. The van der Waals surface area contributed by atoms with Gasteiger partial charge >= 0.3 is 0 Å². The molecule has 0 spiro atoms. The molecule has 2 aliphatic rings. The lowest BCUT2D eigenvalue weighted by molar-refractivity contribution is 0.395. The predicted molar refractivity (Wildman–Crippen MR) is 148 cm³/mol. The number of aromatic nitrogens is 2. The molecular formula is C28H24ClF4N5OS. The van der Waals surface area contributed by atoms with Crippen LogP contribution in [-0.4, -0.2) is 53.5 Å². The van der Waals surface area contributed by atoms with E-state index in [0.717, 1.165) is 46.2 Å². The van der Waals surface area contributed by atoms with Gasteiger partial charge in [0, 0.05) is 54.3 Å². The highest BCUT2D eigenvalue weighted by molar-refractivity contribution is 7.90. The Balaban J connectivity index is 1.38. The highest BCUT2D eigenvalue weighted by Crippen LogP contribution is 2.37. The van der Waals surface area contributed by atoms with E-state index in [4.69, 9.17) is 21.6 Å². The van der Waals surface area contributed by atoms with Crippen molar-refractivity contribution in [3.8, 4) is 11.4 Å². The molecule has 2 aliphatic heterocycles. The summed E-state index contributed by atoms with van der Waals surface area (Å²) in [6, 6.07) is 11.5. The van der Waals surface area contributed by atoms with E-state index in [1.54, 1.807) is 0 Å². The normalized spacial score (nSPS) is 16.4. The van der Waals surface area contributed by atoms with Crippen molar-refractivity contribution >= 4 is 45.1 Å². The Morgan fingerprint density at radius 1 is 0.900 bits per heavy atom. The first kappa shape index (κ1) is 27.1. The minimum absolute atomic E-state index is 0.151. The number of anilines is 2. The molecule has 12 heteroatoms. The lowest BCUT2D eigenvalue weighted by Crippen LogP contribution is -2.48. The minimum Gasteiger partial charge on any atom is -0.612 e. The average Bonchev–Trinajstić information content (AvgIpc) is 2.97. The zero-order valence-electron chi connectivity index (χ0n) is 21.4. The second kappa shape index (κ2) is 10.7. The van der Waals surface area contributed by atoms with Crippen LogP contribution in [0.15, 0.2) is 41.3 Å². The zero-order valence-corrected chi connectivity index (χ0v) is 23.0. The van der Waals surface area contributed by atoms with Crippen molar-refractivity contribution in [3.05, 3.63) is 75.9 Å². The van der Waals surface area contributed by atoms with Crippen molar-refractivity contribution in [1.82, 2.24) is 15.3 Å². The van der Waals surface area contributed by atoms with Gasteiger partial charge in [-0.15, -0.1) is 0 Å². The SMILES string of the molecule is C[S+]([O-])c1c(F)c(F)c(F)c(F)c1N1CCN(c2nc(-c3cccc4cccc(Cl)c34)nc3c2CCNC3)CC1. The third kappa shape index (κ3) is 4.54. The number of fused-ring (bicyclic) bond motifs is 2. The van der Waals surface area contributed by atoms with E-state index in [0.29, 0.717) is 36.9 Å². The number of nitrogens with one attached hydrogen (secondary N) is 1. The number of hydrogen-bond donors (Lipinski definition) is 1. The van der Waals surface area contributed by atoms with Gasteiger partial charge in [0.1, 0.15) is 17.8 Å². The first-order valence-corrected chi connectivity index (χ1v) is 14.7.